The van der Waals surface area contributed by atoms with E-state index in [0.717, 1.165) is 27.8 Å². The van der Waals surface area contributed by atoms with Crippen LogP contribution in [0.25, 0.3) is 11.1 Å². The summed E-state index contributed by atoms with van der Waals surface area (Å²) >= 11 is 0. The lowest BCUT2D eigenvalue weighted by Crippen LogP contribution is -2.42. The number of nitrogens with zero attached hydrogens (tertiary/aromatic N) is 1. The van der Waals surface area contributed by atoms with Crippen molar-refractivity contribution in [2.24, 2.45) is 0 Å². The molecule has 8 nitrogen and oxygen atoms in total. The number of halogens is 1. The normalized spacial score (nSPS) is 12.5. The van der Waals surface area contributed by atoms with Gasteiger partial charge in [0.1, 0.15) is 12.6 Å². The number of nitrogens with one attached hydrogen (secondary N) is 2. The van der Waals surface area contributed by atoms with Gasteiger partial charge in [0.2, 0.25) is 5.91 Å². The Morgan fingerprint density at radius 3 is 2.14 bits per heavy atom. The number of fused-ring (bicyclic) bond motifs is 3. The van der Waals surface area contributed by atoms with Gasteiger partial charge in [0, 0.05) is 31.3 Å². The Labute approximate surface area is 209 Å². The van der Waals surface area contributed by atoms with Gasteiger partial charge in [0.05, 0.1) is 0 Å². The number of carbonyl (C=O) groups is 3. The van der Waals surface area contributed by atoms with E-state index < -0.39 is 18.1 Å². The molecule has 0 spiro atoms. The summed E-state index contributed by atoms with van der Waals surface area (Å²) < 4.78 is 5.41. The first kappa shape index (κ1) is 25.7. The van der Waals surface area contributed by atoms with Crippen LogP contribution in [0.5, 0.6) is 0 Å². The molecule has 0 bridgehead atoms. The molecular formula is C26H26ClN3O5. The highest BCUT2D eigenvalue weighted by atomic mass is 35.5. The third-order valence-electron chi connectivity index (χ3n) is 5.83. The minimum atomic E-state index is -1.23. The van der Waals surface area contributed by atoms with Crippen LogP contribution in [-0.2, 0) is 20.9 Å². The summed E-state index contributed by atoms with van der Waals surface area (Å²) in [5.74, 6) is -1.66. The second kappa shape index (κ2) is 12.0. The van der Waals surface area contributed by atoms with Crippen LogP contribution >= 0.6 is 12.4 Å². The van der Waals surface area contributed by atoms with Crippen molar-refractivity contribution in [1.82, 2.24) is 15.6 Å². The molecule has 2 amide bonds. The molecule has 0 aliphatic heterocycles. The van der Waals surface area contributed by atoms with Crippen LogP contribution in [0.4, 0.5) is 4.79 Å². The summed E-state index contributed by atoms with van der Waals surface area (Å²) in [6.07, 6.45) is 2.32. The van der Waals surface area contributed by atoms with E-state index in [1.165, 1.54) is 0 Å². The van der Waals surface area contributed by atoms with E-state index in [0.29, 0.717) is 6.54 Å². The van der Waals surface area contributed by atoms with E-state index in [-0.39, 0.29) is 43.7 Å². The predicted molar refractivity (Wildman–Crippen MR) is 132 cm³/mol. The van der Waals surface area contributed by atoms with Crippen LogP contribution in [0.3, 0.4) is 0 Å². The first-order valence-corrected chi connectivity index (χ1v) is 11.0. The van der Waals surface area contributed by atoms with Gasteiger partial charge in [-0.2, -0.15) is 0 Å². The Morgan fingerprint density at radius 2 is 1.54 bits per heavy atom. The van der Waals surface area contributed by atoms with E-state index >= 15 is 0 Å². The molecule has 3 N–H and O–H groups in total. The van der Waals surface area contributed by atoms with Crippen molar-refractivity contribution in [3.63, 3.8) is 0 Å². The van der Waals surface area contributed by atoms with E-state index in [2.05, 4.69) is 15.6 Å². The third kappa shape index (κ3) is 6.36. The fourth-order valence-corrected chi connectivity index (χ4v) is 4.10. The van der Waals surface area contributed by atoms with Gasteiger partial charge in [-0.1, -0.05) is 48.5 Å². The molecule has 4 rings (SSSR count). The average molecular weight is 496 g/mol. The minimum Gasteiger partial charge on any atom is -0.480 e. The SMILES string of the molecule is Cl.O=C(CCC(NC(=O)OCC1c2ccccc2-c2ccccc21)C(=O)O)NCc1ccncc1. The molecule has 0 fully saturated rings. The molecule has 1 heterocycles. The Balaban J connectivity index is 0.00000342. The van der Waals surface area contributed by atoms with Crippen LogP contribution in [0.2, 0.25) is 0 Å². The van der Waals surface area contributed by atoms with Gasteiger partial charge in [-0.3, -0.25) is 9.78 Å². The maximum Gasteiger partial charge on any atom is 0.407 e. The standard InChI is InChI=1S/C26H25N3O5.ClH/c30-24(28-15-17-11-13-27-14-12-17)10-9-23(25(31)32)29-26(33)34-16-22-20-7-3-1-5-18(20)19-6-2-4-8-21(19)22;/h1-8,11-14,22-23H,9-10,15-16H2,(H,28,30)(H,29,33)(H,31,32);1H. The Hall–Kier alpha value is -3.91. The van der Waals surface area contributed by atoms with Gasteiger partial charge in [0.25, 0.3) is 0 Å². The highest BCUT2D eigenvalue weighted by molar-refractivity contribution is 5.85. The Kier molecular flexibility index (Phi) is 8.80. The van der Waals surface area contributed by atoms with Crippen LogP contribution < -0.4 is 10.6 Å². The Bertz CT molecular complexity index is 1140. The van der Waals surface area contributed by atoms with Crippen molar-refractivity contribution in [1.29, 1.82) is 0 Å². The minimum absolute atomic E-state index is 0. The molecule has 0 saturated carbocycles. The number of hydrogen-bond donors (Lipinski definition) is 3. The molecule has 1 unspecified atom stereocenters. The van der Waals surface area contributed by atoms with Gasteiger partial charge in [0.15, 0.2) is 0 Å². The second-order valence-electron chi connectivity index (χ2n) is 8.03. The molecule has 1 atom stereocenters. The number of hydrogen-bond acceptors (Lipinski definition) is 5. The van der Waals surface area contributed by atoms with E-state index in [4.69, 9.17) is 4.74 Å². The maximum absolute atomic E-state index is 12.4. The van der Waals surface area contributed by atoms with Crippen molar-refractivity contribution in [3.8, 4) is 11.1 Å². The van der Waals surface area contributed by atoms with E-state index in [9.17, 15) is 19.5 Å². The predicted octanol–water partition coefficient (Wildman–Crippen LogP) is 3.89. The fraction of sp³-hybridized carbons (Fsp3) is 0.231. The molecule has 0 radical (unpaired) electrons. The summed E-state index contributed by atoms with van der Waals surface area (Å²) in [7, 11) is 0. The molecule has 9 heteroatoms. The van der Waals surface area contributed by atoms with E-state index in [1.54, 1.807) is 24.5 Å². The summed E-state index contributed by atoms with van der Waals surface area (Å²) in [6, 6.07) is 18.2. The molecule has 1 aromatic heterocycles. The average Bonchev–Trinajstić information content (AvgIpc) is 3.18. The van der Waals surface area contributed by atoms with Crippen molar-refractivity contribution in [2.45, 2.75) is 31.3 Å². The number of alkyl carbamates (subject to hydrolysis) is 1. The number of rotatable bonds is 9. The van der Waals surface area contributed by atoms with Gasteiger partial charge in [-0.25, -0.2) is 9.59 Å². The lowest BCUT2D eigenvalue weighted by molar-refractivity contribution is -0.139. The smallest absolute Gasteiger partial charge is 0.407 e. The molecule has 0 saturated heterocycles. The number of carboxylic acid groups (broad SMARTS) is 1. The maximum atomic E-state index is 12.4. The zero-order valence-electron chi connectivity index (χ0n) is 18.8. The number of carboxylic acids is 1. The van der Waals surface area contributed by atoms with Gasteiger partial charge >= 0.3 is 12.1 Å². The number of benzene rings is 2. The molecule has 2 aromatic carbocycles. The van der Waals surface area contributed by atoms with Crippen molar-refractivity contribution >= 4 is 30.4 Å². The number of amides is 2. The highest BCUT2D eigenvalue weighted by Crippen LogP contribution is 2.44. The lowest BCUT2D eigenvalue weighted by atomic mass is 9.98. The van der Waals surface area contributed by atoms with Crippen LogP contribution in [-0.4, -0.2) is 40.7 Å². The van der Waals surface area contributed by atoms with Crippen molar-refractivity contribution in [3.05, 3.63) is 89.7 Å². The number of aromatic nitrogens is 1. The first-order chi connectivity index (χ1) is 16.5. The molecular weight excluding hydrogens is 470 g/mol. The van der Waals surface area contributed by atoms with Crippen molar-refractivity contribution in [2.75, 3.05) is 6.61 Å². The summed E-state index contributed by atoms with van der Waals surface area (Å²) in [5.41, 5.74) is 5.23. The summed E-state index contributed by atoms with van der Waals surface area (Å²) in [5, 5.41) is 14.6. The fourth-order valence-electron chi connectivity index (χ4n) is 4.10. The third-order valence-corrected chi connectivity index (χ3v) is 5.83. The molecule has 35 heavy (non-hydrogen) atoms. The van der Waals surface area contributed by atoms with Crippen LogP contribution in [0, 0.1) is 0 Å². The van der Waals surface area contributed by atoms with Gasteiger partial charge in [-0.05, 0) is 46.4 Å². The number of carbonyl (C=O) groups excluding carboxylic acids is 2. The molecule has 1 aliphatic rings. The molecule has 182 valence electrons. The van der Waals surface area contributed by atoms with Crippen molar-refractivity contribution < 1.29 is 24.2 Å². The van der Waals surface area contributed by atoms with E-state index in [1.807, 2.05) is 48.5 Å². The largest absolute Gasteiger partial charge is 0.480 e. The zero-order chi connectivity index (χ0) is 23.9. The van der Waals surface area contributed by atoms with Crippen LogP contribution in [0.15, 0.2) is 73.1 Å². The van der Waals surface area contributed by atoms with Gasteiger partial charge < -0.3 is 20.5 Å². The summed E-state index contributed by atoms with van der Waals surface area (Å²) in [4.78, 5) is 40.0. The number of pyridine rings is 1. The number of aliphatic carboxylic acids is 1. The van der Waals surface area contributed by atoms with Gasteiger partial charge in [-0.15, -0.1) is 12.4 Å². The molecule has 1 aliphatic carbocycles. The second-order valence-corrected chi connectivity index (χ2v) is 8.03. The first-order valence-electron chi connectivity index (χ1n) is 11.0. The molecule has 3 aromatic rings. The number of ether oxygens (including phenoxy) is 1. The summed E-state index contributed by atoms with van der Waals surface area (Å²) in [6.45, 7) is 0.400. The lowest BCUT2D eigenvalue weighted by Gasteiger charge is -2.17. The quantitative estimate of drug-likeness (QED) is 0.414. The van der Waals surface area contributed by atoms with Crippen LogP contribution in [0.1, 0.15) is 35.4 Å². The topological polar surface area (TPSA) is 118 Å². The highest BCUT2D eigenvalue weighted by Gasteiger charge is 2.29. The monoisotopic (exact) mass is 495 g/mol. The zero-order valence-corrected chi connectivity index (χ0v) is 19.7. The Morgan fingerprint density at radius 1 is 0.943 bits per heavy atom.